The molecule has 0 saturated carbocycles. The van der Waals surface area contributed by atoms with Crippen molar-refractivity contribution in [1.82, 2.24) is 0 Å². The number of halogens is 1. The van der Waals surface area contributed by atoms with Gasteiger partial charge in [0.15, 0.2) is 0 Å². The average Bonchev–Trinajstić information content (AvgIpc) is 2.46. The average molecular weight is 306 g/mol. The van der Waals surface area contributed by atoms with Gasteiger partial charge in [-0.15, -0.1) is 0 Å². The van der Waals surface area contributed by atoms with Crippen LogP contribution in [0.1, 0.15) is 23.6 Å². The van der Waals surface area contributed by atoms with Crippen molar-refractivity contribution in [2.45, 2.75) is 19.1 Å². The minimum Gasteiger partial charge on any atom is -0.487 e. The maximum atomic E-state index is 10.7. The van der Waals surface area contributed by atoms with E-state index in [1.807, 2.05) is 30.3 Å². The monoisotopic (exact) mass is 305 g/mol. The number of carbonyl (C=O) groups is 1. The SMILES string of the molecule is NC(CC(=O)O)c1ccc(OCc2ccccc2)c(Cl)c1. The van der Waals surface area contributed by atoms with Gasteiger partial charge in [0.2, 0.25) is 0 Å². The molecule has 0 heterocycles. The van der Waals surface area contributed by atoms with Gasteiger partial charge in [0.25, 0.3) is 0 Å². The lowest BCUT2D eigenvalue weighted by atomic mass is 10.0. The number of carboxylic acids is 1. The molecule has 3 N–H and O–H groups in total. The number of hydrogen-bond acceptors (Lipinski definition) is 3. The van der Waals surface area contributed by atoms with Crippen molar-refractivity contribution >= 4 is 17.6 Å². The molecule has 0 bridgehead atoms. The van der Waals surface area contributed by atoms with E-state index in [0.717, 1.165) is 5.56 Å². The summed E-state index contributed by atoms with van der Waals surface area (Å²) in [6, 6.07) is 14.3. The Morgan fingerprint density at radius 1 is 1.24 bits per heavy atom. The van der Waals surface area contributed by atoms with Crippen LogP contribution in [0.15, 0.2) is 48.5 Å². The summed E-state index contributed by atoms with van der Waals surface area (Å²) in [7, 11) is 0. The molecule has 0 amide bonds. The molecule has 2 rings (SSSR count). The highest BCUT2D eigenvalue weighted by Gasteiger charge is 2.12. The van der Waals surface area contributed by atoms with Gasteiger partial charge in [-0.25, -0.2) is 0 Å². The fourth-order valence-corrected chi connectivity index (χ4v) is 2.15. The van der Waals surface area contributed by atoms with Gasteiger partial charge in [-0.3, -0.25) is 4.79 Å². The number of nitrogens with two attached hydrogens (primary N) is 1. The maximum Gasteiger partial charge on any atom is 0.305 e. The number of carboxylic acid groups (broad SMARTS) is 1. The summed E-state index contributed by atoms with van der Waals surface area (Å²) >= 11 is 6.15. The molecule has 0 saturated heterocycles. The Balaban J connectivity index is 2.04. The largest absolute Gasteiger partial charge is 0.487 e. The molecule has 0 aromatic heterocycles. The first kappa shape index (κ1) is 15.4. The summed E-state index contributed by atoms with van der Waals surface area (Å²) in [6.45, 7) is 0.418. The molecule has 1 unspecified atom stereocenters. The van der Waals surface area contributed by atoms with Crippen molar-refractivity contribution in [3.05, 3.63) is 64.7 Å². The van der Waals surface area contributed by atoms with Crippen molar-refractivity contribution in [2.75, 3.05) is 0 Å². The molecule has 2 aromatic rings. The normalized spacial score (nSPS) is 11.9. The van der Waals surface area contributed by atoms with E-state index in [4.69, 9.17) is 27.2 Å². The van der Waals surface area contributed by atoms with Crippen molar-refractivity contribution in [3.63, 3.8) is 0 Å². The fraction of sp³-hybridized carbons (Fsp3) is 0.188. The number of hydrogen-bond donors (Lipinski definition) is 2. The quantitative estimate of drug-likeness (QED) is 0.858. The zero-order valence-corrected chi connectivity index (χ0v) is 12.1. The topological polar surface area (TPSA) is 72.6 Å². The lowest BCUT2D eigenvalue weighted by Crippen LogP contribution is -2.14. The molecule has 0 radical (unpaired) electrons. The number of ether oxygens (including phenoxy) is 1. The molecule has 0 aliphatic carbocycles. The summed E-state index contributed by atoms with van der Waals surface area (Å²) in [6.07, 6.45) is -0.138. The van der Waals surface area contributed by atoms with Crippen LogP contribution in [-0.2, 0) is 11.4 Å². The van der Waals surface area contributed by atoms with Crippen molar-refractivity contribution < 1.29 is 14.6 Å². The van der Waals surface area contributed by atoms with Crippen LogP contribution in [0.5, 0.6) is 5.75 Å². The molecule has 0 spiro atoms. The number of rotatable bonds is 6. The van der Waals surface area contributed by atoms with E-state index in [2.05, 4.69) is 0 Å². The van der Waals surface area contributed by atoms with E-state index in [1.54, 1.807) is 18.2 Å². The molecular weight excluding hydrogens is 290 g/mol. The zero-order chi connectivity index (χ0) is 15.2. The summed E-state index contributed by atoms with van der Waals surface area (Å²) in [5.74, 6) is -0.394. The van der Waals surface area contributed by atoms with Gasteiger partial charge in [-0.1, -0.05) is 48.0 Å². The Morgan fingerprint density at radius 3 is 2.57 bits per heavy atom. The van der Waals surface area contributed by atoms with Gasteiger partial charge in [0.1, 0.15) is 12.4 Å². The minimum absolute atomic E-state index is 0.138. The molecule has 110 valence electrons. The standard InChI is InChI=1S/C16H16ClNO3/c17-13-8-12(14(18)9-16(19)20)6-7-15(13)21-10-11-4-2-1-3-5-11/h1-8,14H,9-10,18H2,(H,19,20). The Hall–Kier alpha value is -2.04. The van der Waals surface area contributed by atoms with E-state index < -0.39 is 12.0 Å². The highest BCUT2D eigenvalue weighted by atomic mass is 35.5. The van der Waals surface area contributed by atoms with Gasteiger partial charge >= 0.3 is 5.97 Å². The summed E-state index contributed by atoms with van der Waals surface area (Å²) < 4.78 is 5.65. The van der Waals surface area contributed by atoms with Crippen molar-refractivity contribution in [2.24, 2.45) is 5.73 Å². The predicted molar refractivity (Wildman–Crippen MR) is 81.4 cm³/mol. The maximum absolute atomic E-state index is 10.7. The number of benzene rings is 2. The third-order valence-corrected chi connectivity index (χ3v) is 3.31. The molecular formula is C16H16ClNO3. The highest BCUT2D eigenvalue weighted by Crippen LogP contribution is 2.28. The molecule has 4 nitrogen and oxygen atoms in total. The van der Waals surface area contributed by atoms with E-state index in [0.29, 0.717) is 22.9 Å². The Morgan fingerprint density at radius 2 is 1.95 bits per heavy atom. The summed E-state index contributed by atoms with van der Waals surface area (Å²) in [5, 5.41) is 9.16. The van der Waals surface area contributed by atoms with Gasteiger partial charge in [0, 0.05) is 6.04 Å². The summed E-state index contributed by atoms with van der Waals surface area (Å²) in [5.41, 5.74) is 7.52. The van der Waals surface area contributed by atoms with Crippen LogP contribution < -0.4 is 10.5 Å². The minimum atomic E-state index is -0.942. The van der Waals surface area contributed by atoms with Crippen molar-refractivity contribution in [3.8, 4) is 5.75 Å². The first-order valence-electron chi connectivity index (χ1n) is 6.50. The van der Waals surface area contributed by atoms with E-state index >= 15 is 0 Å². The zero-order valence-electron chi connectivity index (χ0n) is 11.3. The number of aliphatic carboxylic acids is 1. The van der Waals surface area contributed by atoms with Crippen LogP contribution in [0.3, 0.4) is 0 Å². The van der Waals surface area contributed by atoms with Crippen LogP contribution in [0, 0.1) is 0 Å². The lowest BCUT2D eigenvalue weighted by molar-refractivity contribution is -0.137. The molecule has 0 aliphatic heterocycles. The highest BCUT2D eigenvalue weighted by molar-refractivity contribution is 6.32. The van der Waals surface area contributed by atoms with Crippen LogP contribution in [0.4, 0.5) is 0 Å². The van der Waals surface area contributed by atoms with Gasteiger partial charge in [0.05, 0.1) is 11.4 Å². The second-order valence-corrected chi connectivity index (χ2v) is 5.08. The third kappa shape index (κ3) is 4.48. The second-order valence-electron chi connectivity index (χ2n) is 4.67. The third-order valence-electron chi connectivity index (χ3n) is 3.02. The van der Waals surface area contributed by atoms with Crippen LogP contribution in [0.2, 0.25) is 5.02 Å². The van der Waals surface area contributed by atoms with Gasteiger partial charge in [-0.05, 0) is 23.3 Å². The Kier molecular flexibility index (Phi) is 5.20. The van der Waals surface area contributed by atoms with E-state index in [9.17, 15) is 4.79 Å². The molecule has 0 aliphatic rings. The first-order chi connectivity index (χ1) is 10.1. The van der Waals surface area contributed by atoms with Crippen LogP contribution in [-0.4, -0.2) is 11.1 Å². The van der Waals surface area contributed by atoms with Gasteiger partial charge < -0.3 is 15.6 Å². The molecule has 1 atom stereocenters. The molecule has 5 heteroatoms. The Bertz CT molecular complexity index is 616. The van der Waals surface area contributed by atoms with Crippen LogP contribution >= 0.6 is 11.6 Å². The van der Waals surface area contributed by atoms with Crippen LogP contribution in [0.25, 0.3) is 0 Å². The van der Waals surface area contributed by atoms with E-state index in [1.165, 1.54) is 0 Å². The van der Waals surface area contributed by atoms with E-state index in [-0.39, 0.29) is 6.42 Å². The van der Waals surface area contributed by atoms with Gasteiger partial charge in [-0.2, -0.15) is 0 Å². The summed E-state index contributed by atoms with van der Waals surface area (Å²) in [4.78, 5) is 10.7. The molecule has 0 fully saturated rings. The predicted octanol–water partition coefficient (Wildman–Crippen LogP) is 3.39. The molecule has 2 aromatic carbocycles. The fourth-order valence-electron chi connectivity index (χ4n) is 1.91. The first-order valence-corrected chi connectivity index (χ1v) is 6.87. The molecule has 21 heavy (non-hydrogen) atoms. The second kappa shape index (κ2) is 7.11. The lowest BCUT2D eigenvalue weighted by Gasteiger charge is -2.13. The smallest absolute Gasteiger partial charge is 0.305 e. The van der Waals surface area contributed by atoms with Crippen molar-refractivity contribution in [1.29, 1.82) is 0 Å². The Labute approximate surface area is 128 Å².